The Bertz CT molecular complexity index is 3330. The van der Waals surface area contributed by atoms with E-state index in [4.69, 9.17) is 65.0 Å². The van der Waals surface area contributed by atoms with Crippen LogP contribution in [0.1, 0.15) is 91.0 Å². The zero-order chi connectivity index (χ0) is 58.2. The number of nitrogens with zero attached hydrogens (tertiary/aromatic N) is 9. The van der Waals surface area contributed by atoms with Crippen molar-refractivity contribution in [3.05, 3.63) is 65.2 Å². The van der Waals surface area contributed by atoms with Crippen molar-refractivity contribution in [3.63, 3.8) is 0 Å². The smallest absolute Gasteiger partial charge is 0.280 e. The van der Waals surface area contributed by atoms with Crippen molar-refractivity contribution in [3.8, 4) is 12.1 Å². The molecular formula is C49H70N14O11P2S2Si2. The minimum Gasteiger partial charge on any atom is -0.408 e. The standard InChI is InChI=1S/C49H70N14O11P2S2Si2/c1-29(2)42(64)58-47-57-41-36(44(66)59-47)55-28-63(41)46-38(74-80(11,12)49(6,7)8)34-32(72-46)25-70-75(77,67-22-16-20-50)60-33-31(24-69-76(78,61-34)68-23-17-21-51)71-45(37(33)73-79(9,10)48(3,4)5)62-27-54-35-39(52-26-53-40(35)62)56-43(65)30-18-14-13-15-19-30/h13-15,18-19,26-29,31-34,37-38,45-46H,16-17,22-25H2,1-12H3,(H,60,77)(H,61,78)(H,52,53,56,65)(H2,57,58,59,64,66)/t31-,32-,33-,34-,37-,38-,45-,46-,75?,76?/m1/s1. The Morgan fingerprint density at radius 3 is 1.76 bits per heavy atom. The van der Waals surface area contributed by atoms with E-state index in [1.165, 1.54) is 12.7 Å². The van der Waals surface area contributed by atoms with E-state index >= 15 is 0 Å². The van der Waals surface area contributed by atoms with Gasteiger partial charge >= 0.3 is 0 Å². The van der Waals surface area contributed by atoms with Gasteiger partial charge < -0.3 is 41.7 Å². The number of aromatic amines is 1. The van der Waals surface area contributed by atoms with Crippen LogP contribution in [0.15, 0.2) is 54.1 Å². The first kappa shape index (κ1) is 61.4. The molecule has 0 radical (unpaired) electrons. The number of imidazole rings is 2. The average molecular weight is 1210 g/mol. The second-order valence-corrected chi connectivity index (χ2v) is 38.9. The second kappa shape index (κ2) is 24.3. The quantitative estimate of drug-likeness (QED) is 0.0360. The number of anilines is 2. The highest BCUT2D eigenvalue weighted by Crippen LogP contribution is 2.54. The Labute approximate surface area is 476 Å². The molecule has 432 valence electrons. The molecule has 25 nitrogen and oxygen atoms in total. The van der Waals surface area contributed by atoms with Crippen LogP contribution in [0.3, 0.4) is 0 Å². The lowest BCUT2D eigenvalue weighted by molar-refractivity contribution is -0.118. The fourth-order valence-electron chi connectivity index (χ4n) is 8.49. The molecule has 8 rings (SSSR count). The number of benzene rings is 1. The number of nitriles is 2. The number of aromatic nitrogens is 8. The van der Waals surface area contributed by atoms with E-state index in [0.717, 1.165) is 0 Å². The Kier molecular flexibility index (Phi) is 18.7. The van der Waals surface area contributed by atoms with Crippen LogP contribution in [0.2, 0.25) is 36.3 Å². The molecular weight excluding hydrogens is 1140 g/mol. The molecule has 2 amide bonds. The van der Waals surface area contributed by atoms with Crippen LogP contribution >= 0.6 is 13.3 Å². The number of rotatable bonds is 16. The van der Waals surface area contributed by atoms with Gasteiger partial charge in [-0.05, 0) is 72.0 Å². The monoisotopic (exact) mass is 1210 g/mol. The summed E-state index contributed by atoms with van der Waals surface area (Å²) in [6, 6.07) is 11.1. The second-order valence-electron chi connectivity index (χ2n) is 22.9. The Morgan fingerprint density at radius 2 is 1.27 bits per heavy atom. The minimum atomic E-state index is -3.77. The number of carbonyl (C=O) groups excluding carboxylic acids is 2. The molecule has 0 saturated carbocycles. The first-order valence-electron chi connectivity index (χ1n) is 26.1. The summed E-state index contributed by atoms with van der Waals surface area (Å²) in [5.41, 5.74) is 0.477. The van der Waals surface area contributed by atoms with Crippen molar-refractivity contribution >= 4 is 99.4 Å². The summed E-state index contributed by atoms with van der Waals surface area (Å²) in [6.45, 7) is 16.1. The molecule has 3 aliphatic rings. The maximum atomic E-state index is 13.6. The van der Waals surface area contributed by atoms with Gasteiger partial charge in [-0.1, -0.05) is 73.6 Å². The molecule has 1 aromatic carbocycles. The van der Waals surface area contributed by atoms with Crippen molar-refractivity contribution < 1.29 is 46.0 Å². The van der Waals surface area contributed by atoms with Crippen molar-refractivity contribution in [2.24, 2.45) is 5.92 Å². The Morgan fingerprint density at radius 1 is 0.775 bits per heavy atom. The number of H-pyrrole nitrogens is 1. The molecule has 3 saturated heterocycles. The summed E-state index contributed by atoms with van der Waals surface area (Å²) in [5.74, 6) is -1.11. The van der Waals surface area contributed by atoms with Gasteiger partial charge in [0.1, 0.15) is 30.7 Å². The maximum absolute atomic E-state index is 13.6. The van der Waals surface area contributed by atoms with E-state index in [9.17, 15) is 24.9 Å². The minimum absolute atomic E-state index is 0.0232. The zero-order valence-electron chi connectivity index (χ0n) is 46.8. The van der Waals surface area contributed by atoms with Crippen molar-refractivity contribution in [2.75, 3.05) is 37.1 Å². The lowest BCUT2D eigenvalue weighted by atomic mass is 10.1. The van der Waals surface area contributed by atoms with E-state index in [0.29, 0.717) is 11.2 Å². The van der Waals surface area contributed by atoms with Gasteiger partial charge in [0.15, 0.2) is 57.2 Å². The lowest BCUT2D eigenvalue weighted by Gasteiger charge is -2.42. The molecule has 31 heteroatoms. The van der Waals surface area contributed by atoms with Crippen molar-refractivity contribution in [1.29, 1.82) is 10.5 Å². The molecule has 2 unspecified atom stereocenters. The van der Waals surface area contributed by atoms with E-state index in [1.54, 1.807) is 53.6 Å². The normalized spacial score (nSPS) is 26.9. The molecule has 80 heavy (non-hydrogen) atoms. The fourth-order valence-corrected chi connectivity index (χ4v) is 15.8. The highest BCUT2D eigenvalue weighted by atomic mass is 32.5. The van der Waals surface area contributed by atoms with Crippen molar-refractivity contribution in [1.82, 2.24) is 49.2 Å². The number of fused-ring (bicyclic) bond motifs is 4. The van der Waals surface area contributed by atoms with Crippen LogP contribution in [-0.2, 0) is 64.8 Å². The molecule has 0 spiro atoms. The van der Waals surface area contributed by atoms with E-state index in [-0.39, 0.29) is 83.7 Å². The maximum Gasteiger partial charge on any atom is 0.280 e. The zero-order valence-corrected chi connectivity index (χ0v) is 52.2. The number of amides is 2. The van der Waals surface area contributed by atoms with Gasteiger partial charge in [0.2, 0.25) is 11.9 Å². The van der Waals surface area contributed by atoms with Crippen LogP contribution in [0.4, 0.5) is 11.8 Å². The first-order chi connectivity index (χ1) is 37.6. The van der Waals surface area contributed by atoms with Gasteiger partial charge in [0.25, 0.3) is 24.8 Å². The third kappa shape index (κ3) is 13.4. The average Bonchev–Trinajstić information content (AvgIpc) is 4.38. The van der Waals surface area contributed by atoms with Crippen LogP contribution < -0.4 is 26.4 Å². The fraction of sp³-hybridized carbons (Fsp3) is 0.592. The van der Waals surface area contributed by atoms with Crippen LogP contribution in [0, 0.1) is 28.6 Å². The molecule has 10 atom stereocenters. The van der Waals surface area contributed by atoms with Gasteiger partial charge in [-0.25, -0.2) is 30.1 Å². The highest BCUT2D eigenvalue weighted by molar-refractivity contribution is 8.09. The summed E-state index contributed by atoms with van der Waals surface area (Å²) in [5, 5.41) is 31.5. The third-order valence-electron chi connectivity index (χ3n) is 14.9. The Balaban J connectivity index is 1.25. The van der Waals surface area contributed by atoms with E-state index < -0.39 is 96.3 Å². The molecule has 0 bridgehead atoms. The molecule has 7 heterocycles. The summed E-state index contributed by atoms with van der Waals surface area (Å²) in [6.07, 6.45) is -1.68. The first-order valence-corrected chi connectivity index (χ1v) is 37.2. The molecule has 3 aliphatic heterocycles. The Hall–Kier alpha value is -4.63. The number of hydrogen-bond donors (Lipinski definition) is 5. The molecule has 0 aliphatic carbocycles. The van der Waals surface area contributed by atoms with Crippen LogP contribution in [0.25, 0.3) is 22.3 Å². The third-order valence-corrected chi connectivity index (χ3v) is 29.0. The SMILES string of the molecule is CC(C)C(=O)Nc1nc2c(ncn2[C@@H]2O[C@@H]3COP(=S)(OCCC#N)N[C@H]4[C@@H](O[Si](C)(C)C(C)(C)C)[C@H](n5cnc6c(NC(=O)c7ccccc7)ncnc65)O[C@@H]4COP(=S)(OCCC#N)N[C@H]3[C@H]2O[Si](C)(C)C(C)(C)C)c(=O)[nH]1. The van der Waals surface area contributed by atoms with Crippen LogP contribution in [0.5, 0.6) is 0 Å². The van der Waals surface area contributed by atoms with Gasteiger partial charge in [-0.2, -0.15) is 15.5 Å². The predicted molar refractivity (Wildman–Crippen MR) is 310 cm³/mol. The van der Waals surface area contributed by atoms with Crippen LogP contribution in [-0.4, -0.2) is 130 Å². The molecule has 5 aromatic rings. The molecule has 4 aromatic heterocycles. The largest absolute Gasteiger partial charge is 0.408 e. The summed E-state index contributed by atoms with van der Waals surface area (Å²) < 4.78 is 58.9. The number of carbonyl (C=O) groups is 2. The molecule has 3 fully saturated rings. The topological polar surface area (TPSA) is 311 Å². The van der Waals surface area contributed by atoms with Gasteiger partial charge in [-0.15, -0.1) is 0 Å². The number of ether oxygens (including phenoxy) is 2. The number of hydrogen-bond acceptors (Lipinski definition) is 20. The summed E-state index contributed by atoms with van der Waals surface area (Å²) in [7, 11) is -5.56. The lowest BCUT2D eigenvalue weighted by Crippen LogP contribution is -2.54. The van der Waals surface area contributed by atoms with E-state index in [1.807, 2.05) is 6.07 Å². The summed E-state index contributed by atoms with van der Waals surface area (Å²) >= 11 is 12.9. The molecule has 5 N–H and O–H groups in total. The van der Waals surface area contributed by atoms with Crippen molar-refractivity contribution in [2.45, 2.75) is 153 Å². The van der Waals surface area contributed by atoms with E-state index in [2.05, 4.69) is 126 Å². The van der Waals surface area contributed by atoms with Gasteiger partial charge in [0.05, 0.1) is 76.1 Å². The number of nitrogens with one attached hydrogen (secondary N) is 5. The van der Waals surface area contributed by atoms with Gasteiger partial charge in [-0.3, -0.25) is 33.8 Å². The predicted octanol–water partition coefficient (Wildman–Crippen LogP) is 7.65. The summed E-state index contributed by atoms with van der Waals surface area (Å²) in [4.78, 5) is 65.4. The van der Waals surface area contributed by atoms with Gasteiger partial charge in [0, 0.05) is 11.5 Å². The highest BCUT2D eigenvalue weighted by Gasteiger charge is 2.56.